The number of fused-ring (bicyclic) bond motifs is 1. The topological polar surface area (TPSA) is 71.5 Å². The fourth-order valence-corrected chi connectivity index (χ4v) is 4.59. The molecule has 1 aromatic carbocycles. The van der Waals surface area contributed by atoms with Gasteiger partial charge in [-0.2, -0.15) is 0 Å². The van der Waals surface area contributed by atoms with E-state index in [2.05, 4.69) is 19.2 Å². The summed E-state index contributed by atoms with van der Waals surface area (Å²) in [5.74, 6) is 1.02. The summed E-state index contributed by atoms with van der Waals surface area (Å²) in [6.07, 6.45) is 5.14. The number of hydrogen-bond donors (Lipinski definition) is 1. The first-order valence-electron chi connectivity index (χ1n) is 11.6. The summed E-state index contributed by atoms with van der Waals surface area (Å²) in [6, 6.07) is 9.53. The minimum Gasteiger partial charge on any atom is -0.368 e. The van der Waals surface area contributed by atoms with Crippen LogP contribution in [0.2, 0.25) is 0 Å². The van der Waals surface area contributed by atoms with E-state index in [1.807, 2.05) is 35.2 Å². The van der Waals surface area contributed by atoms with Crippen LogP contribution in [0.25, 0.3) is 10.9 Å². The van der Waals surface area contributed by atoms with Gasteiger partial charge in [0.1, 0.15) is 6.10 Å². The Balaban J connectivity index is 1.55. The number of para-hydroxylation sites is 1. The highest BCUT2D eigenvalue weighted by atomic mass is 16.5. The number of pyridine rings is 1. The molecule has 1 N–H and O–H groups in total. The number of morpholine rings is 1. The minimum absolute atomic E-state index is 0.0986. The van der Waals surface area contributed by atoms with Crippen LogP contribution in [0.3, 0.4) is 0 Å². The number of carbonyl (C=O) groups excluding carboxylic acids is 2. The van der Waals surface area contributed by atoms with Crippen molar-refractivity contribution < 1.29 is 14.3 Å². The summed E-state index contributed by atoms with van der Waals surface area (Å²) in [4.78, 5) is 32.5. The molecular formula is C25H33N3O3. The molecule has 2 amide bonds. The predicted molar refractivity (Wildman–Crippen MR) is 121 cm³/mol. The van der Waals surface area contributed by atoms with Crippen LogP contribution in [0, 0.1) is 11.8 Å². The number of nitrogens with zero attached hydrogens (tertiary/aromatic N) is 2. The highest BCUT2D eigenvalue weighted by Crippen LogP contribution is 2.30. The Bertz CT molecular complexity index is 937. The summed E-state index contributed by atoms with van der Waals surface area (Å²) >= 11 is 0. The summed E-state index contributed by atoms with van der Waals surface area (Å²) < 4.78 is 6.01. The number of ether oxygens (including phenoxy) is 1. The number of hydrogen-bond acceptors (Lipinski definition) is 4. The molecule has 4 rings (SSSR count). The van der Waals surface area contributed by atoms with Gasteiger partial charge in [-0.05, 0) is 36.8 Å². The number of rotatable bonds is 6. The number of carbonyl (C=O) groups is 2. The molecule has 1 aromatic heterocycles. The van der Waals surface area contributed by atoms with Crippen molar-refractivity contribution in [3.05, 3.63) is 41.6 Å². The van der Waals surface area contributed by atoms with E-state index in [4.69, 9.17) is 9.72 Å². The first kappa shape index (κ1) is 21.8. The van der Waals surface area contributed by atoms with E-state index in [0.29, 0.717) is 55.8 Å². The molecule has 0 bridgehead atoms. The maximum absolute atomic E-state index is 12.9. The zero-order valence-electron chi connectivity index (χ0n) is 18.6. The molecule has 0 unspecified atom stereocenters. The van der Waals surface area contributed by atoms with Gasteiger partial charge in [0.15, 0.2) is 0 Å². The van der Waals surface area contributed by atoms with Gasteiger partial charge in [0.25, 0.3) is 5.91 Å². The van der Waals surface area contributed by atoms with Crippen molar-refractivity contribution in [3.63, 3.8) is 0 Å². The molecule has 0 radical (unpaired) electrons. The van der Waals surface area contributed by atoms with Crippen molar-refractivity contribution in [2.45, 2.75) is 52.1 Å². The highest BCUT2D eigenvalue weighted by molar-refractivity contribution is 6.06. The molecule has 1 aliphatic heterocycles. The van der Waals surface area contributed by atoms with Crippen LogP contribution in [-0.4, -0.2) is 47.9 Å². The Morgan fingerprint density at radius 1 is 1.23 bits per heavy atom. The zero-order valence-corrected chi connectivity index (χ0v) is 18.6. The molecular weight excluding hydrogens is 390 g/mol. The molecule has 166 valence electrons. The fourth-order valence-electron chi connectivity index (χ4n) is 4.59. The van der Waals surface area contributed by atoms with Crippen LogP contribution < -0.4 is 5.32 Å². The van der Waals surface area contributed by atoms with Crippen LogP contribution in [-0.2, 0) is 9.53 Å². The van der Waals surface area contributed by atoms with Gasteiger partial charge in [0.2, 0.25) is 5.91 Å². The maximum Gasteiger partial charge on any atom is 0.252 e. The van der Waals surface area contributed by atoms with Crippen molar-refractivity contribution in [1.82, 2.24) is 15.2 Å². The Morgan fingerprint density at radius 2 is 2.00 bits per heavy atom. The van der Waals surface area contributed by atoms with E-state index < -0.39 is 0 Å². The molecule has 1 atom stereocenters. The van der Waals surface area contributed by atoms with E-state index in [9.17, 15) is 9.59 Å². The van der Waals surface area contributed by atoms with Crippen molar-refractivity contribution in [3.8, 4) is 0 Å². The van der Waals surface area contributed by atoms with E-state index >= 15 is 0 Å². The number of nitrogens with one attached hydrogen (secondary N) is 1. The van der Waals surface area contributed by atoms with Gasteiger partial charge in [-0.15, -0.1) is 0 Å². The van der Waals surface area contributed by atoms with E-state index in [0.717, 1.165) is 10.9 Å². The summed E-state index contributed by atoms with van der Waals surface area (Å²) in [5, 5.41) is 3.85. The third-order valence-electron chi connectivity index (χ3n) is 6.34. The molecule has 1 saturated heterocycles. The second-order valence-electron chi connectivity index (χ2n) is 9.27. The lowest BCUT2D eigenvalue weighted by Crippen LogP contribution is -2.43. The predicted octanol–water partition coefficient (Wildman–Crippen LogP) is 4.10. The summed E-state index contributed by atoms with van der Waals surface area (Å²) in [7, 11) is 0. The molecule has 2 aliphatic rings. The average molecular weight is 424 g/mol. The van der Waals surface area contributed by atoms with Crippen LogP contribution >= 0.6 is 0 Å². The molecule has 1 aliphatic carbocycles. The lowest BCUT2D eigenvalue weighted by Gasteiger charge is -2.33. The van der Waals surface area contributed by atoms with Gasteiger partial charge < -0.3 is 15.0 Å². The largest absolute Gasteiger partial charge is 0.368 e. The lowest BCUT2D eigenvalue weighted by molar-refractivity contribution is -0.140. The molecule has 1 saturated carbocycles. The summed E-state index contributed by atoms with van der Waals surface area (Å²) in [5.41, 5.74) is 2.10. The molecule has 2 aromatic rings. The number of aromatic nitrogens is 1. The molecule has 0 spiro atoms. The summed E-state index contributed by atoms with van der Waals surface area (Å²) in [6.45, 7) is 6.37. The van der Waals surface area contributed by atoms with Gasteiger partial charge in [0.05, 0.1) is 29.9 Å². The monoisotopic (exact) mass is 423 g/mol. The van der Waals surface area contributed by atoms with Crippen LogP contribution in [0.4, 0.5) is 0 Å². The Labute approximate surface area is 184 Å². The van der Waals surface area contributed by atoms with Crippen LogP contribution in [0.15, 0.2) is 30.3 Å². The molecule has 31 heavy (non-hydrogen) atoms. The Morgan fingerprint density at radius 3 is 2.77 bits per heavy atom. The number of amides is 2. The zero-order chi connectivity index (χ0) is 21.8. The smallest absolute Gasteiger partial charge is 0.252 e. The van der Waals surface area contributed by atoms with Crippen LogP contribution in [0.1, 0.15) is 68.1 Å². The normalized spacial score (nSPS) is 19.8. The Hall–Kier alpha value is -2.47. The first-order valence-corrected chi connectivity index (χ1v) is 11.6. The molecule has 2 heterocycles. The van der Waals surface area contributed by atoms with Crippen molar-refractivity contribution >= 4 is 22.7 Å². The second kappa shape index (κ2) is 9.77. The van der Waals surface area contributed by atoms with Gasteiger partial charge in [-0.3, -0.25) is 9.59 Å². The van der Waals surface area contributed by atoms with Crippen LogP contribution in [0.5, 0.6) is 0 Å². The van der Waals surface area contributed by atoms with E-state index in [1.165, 1.54) is 25.7 Å². The maximum atomic E-state index is 12.9. The van der Waals surface area contributed by atoms with Gasteiger partial charge in [-0.1, -0.05) is 44.9 Å². The SMILES string of the molecule is CC(C)CNC(=O)c1cc([C@H]2CN(C(=O)CC3CCCC3)CCO2)nc2ccccc12. The average Bonchev–Trinajstić information content (AvgIpc) is 3.29. The fraction of sp³-hybridized carbons (Fsp3) is 0.560. The third-order valence-corrected chi connectivity index (χ3v) is 6.34. The minimum atomic E-state index is -0.317. The second-order valence-corrected chi connectivity index (χ2v) is 9.27. The Kier molecular flexibility index (Phi) is 6.86. The standard InChI is InChI=1S/C25H33N3O3/c1-17(2)15-26-25(30)20-14-22(27-21-10-6-5-9-19(20)21)23-16-28(11-12-31-23)24(29)13-18-7-3-4-8-18/h5-6,9-10,14,17-18,23H,3-4,7-8,11-13,15-16H2,1-2H3,(H,26,30)/t23-/m1/s1. The molecule has 6 nitrogen and oxygen atoms in total. The molecule has 2 fully saturated rings. The molecule has 6 heteroatoms. The van der Waals surface area contributed by atoms with E-state index in [-0.39, 0.29) is 17.9 Å². The van der Waals surface area contributed by atoms with Crippen molar-refractivity contribution in [2.24, 2.45) is 11.8 Å². The van der Waals surface area contributed by atoms with Crippen molar-refractivity contribution in [2.75, 3.05) is 26.2 Å². The van der Waals surface area contributed by atoms with Gasteiger partial charge in [-0.25, -0.2) is 4.98 Å². The quantitative estimate of drug-likeness (QED) is 0.759. The van der Waals surface area contributed by atoms with E-state index in [1.54, 1.807) is 0 Å². The first-order chi connectivity index (χ1) is 15.0. The third kappa shape index (κ3) is 5.24. The highest BCUT2D eigenvalue weighted by Gasteiger charge is 2.29. The van der Waals surface area contributed by atoms with Gasteiger partial charge >= 0.3 is 0 Å². The lowest BCUT2D eigenvalue weighted by atomic mass is 10.0. The van der Waals surface area contributed by atoms with Gasteiger partial charge in [0, 0.05) is 24.9 Å². The van der Waals surface area contributed by atoms with Crippen molar-refractivity contribution in [1.29, 1.82) is 0 Å². The number of benzene rings is 1.